The van der Waals surface area contributed by atoms with Crippen LogP contribution >= 0.6 is 0 Å². The number of nitrogens with one attached hydrogen (secondary N) is 1. The van der Waals surface area contributed by atoms with Crippen LogP contribution in [0.1, 0.15) is 0 Å². The summed E-state index contributed by atoms with van der Waals surface area (Å²) in [6, 6.07) is 1.42. The van der Waals surface area contributed by atoms with E-state index in [1.54, 1.807) is 23.2 Å². The zero-order valence-electron chi connectivity index (χ0n) is 15.3. The molecule has 1 aliphatic heterocycles. The molecule has 1 N–H and O–H groups in total. The van der Waals surface area contributed by atoms with E-state index in [9.17, 15) is 13.6 Å². The third kappa shape index (κ3) is 6.09. The zero-order valence-corrected chi connectivity index (χ0v) is 15.3. The fraction of sp³-hybridized carbons (Fsp3) is 0.368. The largest absolute Gasteiger partial charge is 0.497 e. The Labute approximate surface area is 157 Å². The smallest absolute Gasteiger partial charge is 0.317 e. The van der Waals surface area contributed by atoms with Crippen molar-refractivity contribution in [2.75, 3.05) is 51.4 Å². The maximum Gasteiger partial charge on any atom is 0.317 e. The van der Waals surface area contributed by atoms with Gasteiger partial charge < -0.3 is 19.9 Å². The monoisotopic (exact) mass is 378 g/mol. The lowest BCUT2D eigenvalue weighted by Gasteiger charge is -2.36. The van der Waals surface area contributed by atoms with E-state index >= 15 is 0 Å². The number of carbonyl (C=O) groups excluding carboxylic acids is 1. The lowest BCUT2D eigenvalue weighted by Crippen LogP contribution is -2.52. The molecule has 1 aromatic heterocycles. The van der Waals surface area contributed by atoms with Gasteiger partial charge in [-0.3, -0.25) is 4.98 Å². The third-order valence-corrected chi connectivity index (χ3v) is 4.08. The van der Waals surface area contributed by atoms with E-state index in [0.29, 0.717) is 43.2 Å². The molecular formula is C19H24F2N4O2. The number of rotatable bonds is 7. The highest BCUT2D eigenvalue weighted by Crippen LogP contribution is 2.19. The first-order valence-electron chi connectivity index (χ1n) is 8.58. The second-order valence-corrected chi connectivity index (χ2v) is 5.93. The Bertz CT molecular complexity index is 713. The number of allylic oxidation sites excluding steroid dienone is 2. The molecule has 0 aromatic carbocycles. The highest BCUT2D eigenvalue weighted by Gasteiger charge is 2.22. The molecule has 0 saturated carbocycles. The summed E-state index contributed by atoms with van der Waals surface area (Å²) >= 11 is 0. The number of aromatic nitrogens is 1. The van der Waals surface area contributed by atoms with E-state index in [1.165, 1.54) is 25.5 Å². The summed E-state index contributed by atoms with van der Waals surface area (Å²) in [6.45, 7) is 5.56. The minimum atomic E-state index is -0.584. The van der Waals surface area contributed by atoms with Crippen molar-refractivity contribution in [2.24, 2.45) is 0 Å². The predicted octanol–water partition coefficient (Wildman–Crippen LogP) is 2.66. The van der Waals surface area contributed by atoms with Crippen LogP contribution in [0.25, 0.3) is 0 Å². The third-order valence-electron chi connectivity index (χ3n) is 4.08. The molecule has 0 atom stereocenters. The molecule has 146 valence electrons. The number of anilines is 1. The first-order valence-corrected chi connectivity index (χ1v) is 8.58. The van der Waals surface area contributed by atoms with Gasteiger partial charge in [-0.1, -0.05) is 12.7 Å². The number of pyridine rings is 1. The van der Waals surface area contributed by atoms with Crippen LogP contribution in [0.2, 0.25) is 0 Å². The van der Waals surface area contributed by atoms with E-state index in [2.05, 4.69) is 16.9 Å². The number of ether oxygens (including phenoxy) is 1. The average Bonchev–Trinajstić information content (AvgIpc) is 2.69. The number of carbonyl (C=O) groups is 1. The second kappa shape index (κ2) is 10.3. The Balaban J connectivity index is 1.81. The van der Waals surface area contributed by atoms with Crippen LogP contribution in [-0.4, -0.2) is 62.4 Å². The lowest BCUT2D eigenvalue weighted by atomic mass is 10.2. The molecule has 0 bridgehead atoms. The van der Waals surface area contributed by atoms with Crippen molar-refractivity contribution in [1.82, 2.24) is 15.2 Å². The van der Waals surface area contributed by atoms with E-state index < -0.39 is 6.67 Å². The SMILES string of the molecule is C=C(/C=C(\C=C/CF)OC)CNC(=O)N1CCN(c2ccncc2F)CC1. The predicted molar refractivity (Wildman–Crippen MR) is 101 cm³/mol. The van der Waals surface area contributed by atoms with Crippen LogP contribution in [-0.2, 0) is 4.74 Å². The summed E-state index contributed by atoms with van der Waals surface area (Å²) in [5, 5.41) is 2.79. The van der Waals surface area contributed by atoms with Crippen LogP contribution in [0, 0.1) is 5.82 Å². The zero-order chi connectivity index (χ0) is 19.6. The van der Waals surface area contributed by atoms with Gasteiger partial charge in [0.25, 0.3) is 0 Å². The van der Waals surface area contributed by atoms with E-state index in [4.69, 9.17) is 4.74 Å². The van der Waals surface area contributed by atoms with Crippen LogP contribution in [0.5, 0.6) is 0 Å². The molecular weight excluding hydrogens is 354 g/mol. The minimum absolute atomic E-state index is 0.210. The highest BCUT2D eigenvalue weighted by molar-refractivity contribution is 5.75. The van der Waals surface area contributed by atoms with Crippen LogP contribution in [0.4, 0.5) is 19.3 Å². The maximum absolute atomic E-state index is 13.8. The number of halogens is 2. The Morgan fingerprint density at radius 1 is 1.41 bits per heavy atom. The molecule has 1 aromatic rings. The molecule has 1 fully saturated rings. The summed E-state index contributed by atoms with van der Waals surface area (Å²) in [7, 11) is 1.48. The number of alkyl halides is 1. The number of hydrogen-bond acceptors (Lipinski definition) is 4. The Morgan fingerprint density at radius 3 is 2.78 bits per heavy atom. The van der Waals surface area contributed by atoms with Gasteiger partial charge in [0.05, 0.1) is 19.0 Å². The van der Waals surface area contributed by atoms with E-state index in [1.807, 2.05) is 4.90 Å². The van der Waals surface area contributed by atoms with Crippen LogP contribution in [0.3, 0.4) is 0 Å². The fourth-order valence-corrected chi connectivity index (χ4v) is 2.66. The van der Waals surface area contributed by atoms with Crippen molar-refractivity contribution in [1.29, 1.82) is 0 Å². The summed E-state index contributed by atoms with van der Waals surface area (Å²) < 4.78 is 31.1. The van der Waals surface area contributed by atoms with Gasteiger partial charge in [-0.2, -0.15) is 0 Å². The first kappa shape index (κ1) is 20.4. The Morgan fingerprint density at radius 2 is 2.15 bits per heavy atom. The molecule has 1 aliphatic rings. The van der Waals surface area contributed by atoms with Gasteiger partial charge in [-0.15, -0.1) is 0 Å². The molecule has 27 heavy (non-hydrogen) atoms. The van der Waals surface area contributed by atoms with Gasteiger partial charge in [0, 0.05) is 38.9 Å². The number of piperazine rings is 1. The molecule has 2 heterocycles. The molecule has 1 saturated heterocycles. The summed E-state index contributed by atoms with van der Waals surface area (Å²) in [4.78, 5) is 19.6. The molecule has 0 spiro atoms. The normalized spacial score (nSPS) is 15.1. The molecule has 6 nitrogen and oxygen atoms in total. The number of amides is 2. The molecule has 8 heteroatoms. The van der Waals surface area contributed by atoms with Gasteiger partial charge in [0.2, 0.25) is 0 Å². The van der Waals surface area contributed by atoms with Gasteiger partial charge in [-0.05, 0) is 23.8 Å². The second-order valence-electron chi connectivity index (χ2n) is 5.93. The van der Waals surface area contributed by atoms with Crippen molar-refractivity contribution in [3.63, 3.8) is 0 Å². The average molecular weight is 378 g/mol. The van der Waals surface area contributed by atoms with Crippen LogP contribution < -0.4 is 10.2 Å². The van der Waals surface area contributed by atoms with Gasteiger partial charge >= 0.3 is 6.03 Å². The quantitative estimate of drug-likeness (QED) is 0.585. The molecule has 0 radical (unpaired) electrons. The lowest BCUT2D eigenvalue weighted by molar-refractivity contribution is 0.195. The van der Waals surface area contributed by atoms with E-state index in [-0.39, 0.29) is 18.4 Å². The number of methoxy groups -OCH3 is 1. The standard InChI is InChI=1S/C19H24F2N4O2/c1-15(12-16(27-2)4-3-6-20)13-23-19(26)25-10-8-24(9-11-25)18-5-7-22-14-17(18)21/h3-5,7,12,14H,1,6,8-11,13H2,2H3,(H,23,26)/b4-3-,16-12+. The summed E-state index contributed by atoms with van der Waals surface area (Å²) in [6.07, 6.45) is 7.20. The van der Waals surface area contributed by atoms with Gasteiger partial charge in [0.15, 0.2) is 5.82 Å². The number of hydrogen-bond donors (Lipinski definition) is 1. The molecule has 0 unspecified atom stereocenters. The summed E-state index contributed by atoms with van der Waals surface area (Å²) in [5.41, 5.74) is 1.12. The Kier molecular flexibility index (Phi) is 7.79. The first-order chi connectivity index (χ1) is 13.0. The van der Waals surface area contributed by atoms with Crippen LogP contribution in [0.15, 0.2) is 54.6 Å². The van der Waals surface area contributed by atoms with Crippen molar-refractivity contribution in [2.45, 2.75) is 0 Å². The Hall–Kier alpha value is -2.90. The van der Waals surface area contributed by atoms with Crippen molar-refractivity contribution >= 4 is 11.7 Å². The summed E-state index contributed by atoms with van der Waals surface area (Å²) in [5.74, 6) is 0.0918. The van der Waals surface area contributed by atoms with Crippen molar-refractivity contribution in [3.05, 3.63) is 60.4 Å². The maximum atomic E-state index is 13.8. The number of nitrogens with zero attached hydrogens (tertiary/aromatic N) is 3. The topological polar surface area (TPSA) is 57.7 Å². The molecule has 0 aliphatic carbocycles. The van der Waals surface area contributed by atoms with Crippen molar-refractivity contribution in [3.8, 4) is 0 Å². The van der Waals surface area contributed by atoms with Crippen molar-refractivity contribution < 1.29 is 18.3 Å². The van der Waals surface area contributed by atoms with E-state index in [0.717, 1.165) is 0 Å². The van der Waals surface area contributed by atoms with Gasteiger partial charge in [-0.25, -0.2) is 13.6 Å². The fourth-order valence-electron chi connectivity index (χ4n) is 2.66. The number of urea groups is 1. The molecule has 2 amide bonds. The highest BCUT2D eigenvalue weighted by atomic mass is 19.1. The van der Waals surface area contributed by atoms with Gasteiger partial charge in [0.1, 0.15) is 12.4 Å². The minimum Gasteiger partial charge on any atom is -0.497 e. The molecule has 2 rings (SSSR count).